The molecule has 0 spiro atoms. The van der Waals surface area contributed by atoms with E-state index in [2.05, 4.69) is 31.5 Å². The van der Waals surface area contributed by atoms with E-state index >= 15 is 0 Å². The van der Waals surface area contributed by atoms with Crippen molar-refractivity contribution in [2.45, 2.75) is 18.9 Å². The standard InChI is InChI=1S/C13H12BrN3O2S/c14-8-2-1-3-10(6-8)17-13(18)19-11-12(20-7-15-11)16-9-4-5-9/h1-3,6-7,9,16H,4-5H2,(H,17,18). The number of nitrogens with zero attached hydrogens (tertiary/aromatic N) is 1. The first-order valence-electron chi connectivity index (χ1n) is 6.15. The molecule has 2 aromatic rings. The van der Waals surface area contributed by atoms with E-state index in [9.17, 15) is 4.79 Å². The lowest BCUT2D eigenvalue weighted by Crippen LogP contribution is -2.17. The number of ether oxygens (including phenoxy) is 1. The Balaban J connectivity index is 1.62. The number of carbonyl (C=O) groups is 1. The fraction of sp³-hybridized carbons (Fsp3) is 0.231. The van der Waals surface area contributed by atoms with Gasteiger partial charge in [0.05, 0.1) is 5.51 Å². The summed E-state index contributed by atoms with van der Waals surface area (Å²) < 4.78 is 6.12. The van der Waals surface area contributed by atoms with Crippen LogP contribution < -0.4 is 15.4 Å². The van der Waals surface area contributed by atoms with Crippen LogP contribution in [0.25, 0.3) is 0 Å². The van der Waals surface area contributed by atoms with Crippen molar-refractivity contribution < 1.29 is 9.53 Å². The van der Waals surface area contributed by atoms with Crippen molar-refractivity contribution in [3.63, 3.8) is 0 Å². The summed E-state index contributed by atoms with van der Waals surface area (Å²) in [5.41, 5.74) is 2.32. The zero-order valence-electron chi connectivity index (χ0n) is 10.4. The SMILES string of the molecule is O=C(Nc1cccc(Br)c1)Oc1ncsc1NC1CC1. The van der Waals surface area contributed by atoms with Gasteiger partial charge in [-0.2, -0.15) is 0 Å². The summed E-state index contributed by atoms with van der Waals surface area (Å²) in [6.45, 7) is 0. The topological polar surface area (TPSA) is 63.2 Å². The second-order valence-corrected chi connectivity index (χ2v) is 6.20. The maximum absolute atomic E-state index is 11.8. The van der Waals surface area contributed by atoms with Gasteiger partial charge in [0, 0.05) is 16.2 Å². The zero-order valence-corrected chi connectivity index (χ0v) is 12.8. The van der Waals surface area contributed by atoms with Crippen LogP contribution in [0.1, 0.15) is 12.8 Å². The van der Waals surface area contributed by atoms with Gasteiger partial charge in [0.2, 0.25) is 0 Å². The molecule has 1 amide bonds. The van der Waals surface area contributed by atoms with E-state index < -0.39 is 6.09 Å². The van der Waals surface area contributed by atoms with E-state index in [0.29, 0.717) is 17.6 Å². The van der Waals surface area contributed by atoms with Crippen LogP contribution in [0.2, 0.25) is 0 Å². The number of carbonyl (C=O) groups excluding carboxylic acids is 1. The van der Waals surface area contributed by atoms with Crippen LogP contribution in [0, 0.1) is 0 Å². The van der Waals surface area contributed by atoms with Crippen LogP contribution in [0.15, 0.2) is 34.2 Å². The highest BCUT2D eigenvalue weighted by molar-refractivity contribution is 9.10. The first kappa shape index (κ1) is 13.4. The predicted molar refractivity (Wildman–Crippen MR) is 82.5 cm³/mol. The van der Waals surface area contributed by atoms with Gasteiger partial charge in [-0.05, 0) is 31.0 Å². The number of rotatable bonds is 4. The normalized spacial score (nSPS) is 13.8. The van der Waals surface area contributed by atoms with Crippen molar-refractivity contribution in [2.75, 3.05) is 10.6 Å². The van der Waals surface area contributed by atoms with Crippen LogP contribution in [0.3, 0.4) is 0 Å². The number of aromatic nitrogens is 1. The molecule has 3 rings (SSSR count). The molecular formula is C13H12BrN3O2S. The Kier molecular flexibility index (Phi) is 3.88. The van der Waals surface area contributed by atoms with Gasteiger partial charge in [0.1, 0.15) is 0 Å². The van der Waals surface area contributed by atoms with Crippen molar-refractivity contribution in [3.05, 3.63) is 34.2 Å². The average Bonchev–Trinajstić information content (AvgIpc) is 3.11. The van der Waals surface area contributed by atoms with Crippen molar-refractivity contribution in [2.24, 2.45) is 0 Å². The average molecular weight is 354 g/mol. The van der Waals surface area contributed by atoms with Gasteiger partial charge in [-0.15, -0.1) is 11.3 Å². The maximum atomic E-state index is 11.8. The summed E-state index contributed by atoms with van der Waals surface area (Å²) in [6.07, 6.45) is 1.76. The molecule has 0 bridgehead atoms. The number of anilines is 2. The van der Waals surface area contributed by atoms with Gasteiger partial charge in [0.25, 0.3) is 5.88 Å². The first-order valence-corrected chi connectivity index (χ1v) is 7.82. The van der Waals surface area contributed by atoms with Crippen LogP contribution in [-0.2, 0) is 0 Å². The second kappa shape index (κ2) is 5.80. The maximum Gasteiger partial charge on any atom is 0.418 e. The summed E-state index contributed by atoms with van der Waals surface area (Å²) in [4.78, 5) is 15.9. The molecule has 1 fully saturated rings. The van der Waals surface area contributed by atoms with Gasteiger partial charge in [-0.25, -0.2) is 9.78 Å². The Morgan fingerprint density at radius 1 is 1.45 bits per heavy atom. The highest BCUT2D eigenvalue weighted by Gasteiger charge is 2.24. The lowest BCUT2D eigenvalue weighted by Gasteiger charge is -2.07. The van der Waals surface area contributed by atoms with Gasteiger partial charge in [0.15, 0.2) is 5.00 Å². The molecule has 0 radical (unpaired) electrons. The fourth-order valence-electron chi connectivity index (χ4n) is 1.61. The van der Waals surface area contributed by atoms with E-state index in [-0.39, 0.29) is 0 Å². The van der Waals surface area contributed by atoms with E-state index in [0.717, 1.165) is 22.3 Å². The monoisotopic (exact) mass is 353 g/mol. The third kappa shape index (κ3) is 3.49. The van der Waals surface area contributed by atoms with Crippen LogP contribution in [0.5, 0.6) is 5.88 Å². The molecule has 104 valence electrons. The van der Waals surface area contributed by atoms with Crippen LogP contribution in [0.4, 0.5) is 15.5 Å². The smallest absolute Gasteiger partial charge is 0.388 e. The predicted octanol–water partition coefficient (Wildman–Crippen LogP) is 4.09. The third-order valence-corrected chi connectivity index (χ3v) is 3.94. The zero-order chi connectivity index (χ0) is 13.9. The quantitative estimate of drug-likeness (QED) is 0.868. The number of nitrogens with one attached hydrogen (secondary N) is 2. The molecule has 1 heterocycles. The fourth-order valence-corrected chi connectivity index (χ4v) is 2.70. The molecule has 0 atom stereocenters. The largest absolute Gasteiger partial charge is 0.418 e. The molecule has 0 unspecified atom stereocenters. The molecule has 7 heteroatoms. The molecular weight excluding hydrogens is 342 g/mol. The highest BCUT2D eigenvalue weighted by atomic mass is 79.9. The Hall–Kier alpha value is -1.60. The minimum absolute atomic E-state index is 0.328. The van der Waals surface area contributed by atoms with Gasteiger partial charge < -0.3 is 10.1 Å². The molecule has 1 aliphatic carbocycles. The lowest BCUT2D eigenvalue weighted by atomic mass is 10.3. The summed E-state index contributed by atoms with van der Waals surface area (Å²) in [7, 11) is 0. The number of hydrogen-bond acceptors (Lipinski definition) is 5. The molecule has 1 aromatic heterocycles. The van der Waals surface area contributed by atoms with E-state index in [1.54, 1.807) is 17.6 Å². The molecule has 20 heavy (non-hydrogen) atoms. The van der Waals surface area contributed by atoms with Gasteiger partial charge >= 0.3 is 6.09 Å². The summed E-state index contributed by atoms with van der Waals surface area (Å²) >= 11 is 4.78. The van der Waals surface area contributed by atoms with Gasteiger partial charge in [-0.1, -0.05) is 22.0 Å². The Morgan fingerprint density at radius 3 is 3.05 bits per heavy atom. The number of thiazole rings is 1. The van der Waals surface area contributed by atoms with Crippen LogP contribution >= 0.6 is 27.3 Å². The Labute approximate surface area is 128 Å². The molecule has 2 N–H and O–H groups in total. The lowest BCUT2D eigenvalue weighted by molar-refractivity contribution is 0.214. The van der Waals surface area contributed by atoms with E-state index in [4.69, 9.17) is 4.74 Å². The minimum atomic E-state index is -0.548. The molecule has 1 aliphatic rings. The number of amides is 1. The van der Waals surface area contributed by atoms with Crippen molar-refractivity contribution in [1.82, 2.24) is 4.98 Å². The third-order valence-electron chi connectivity index (χ3n) is 2.71. The van der Waals surface area contributed by atoms with Crippen molar-refractivity contribution in [1.29, 1.82) is 0 Å². The van der Waals surface area contributed by atoms with E-state index in [1.807, 2.05) is 12.1 Å². The molecule has 1 aromatic carbocycles. The van der Waals surface area contributed by atoms with E-state index in [1.165, 1.54) is 11.3 Å². The minimum Gasteiger partial charge on any atom is -0.388 e. The highest BCUT2D eigenvalue weighted by Crippen LogP contribution is 2.33. The number of halogens is 1. The Morgan fingerprint density at radius 2 is 2.30 bits per heavy atom. The summed E-state index contributed by atoms with van der Waals surface area (Å²) in [5, 5.41) is 6.75. The van der Waals surface area contributed by atoms with Crippen LogP contribution in [-0.4, -0.2) is 17.1 Å². The number of benzene rings is 1. The van der Waals surface area contributed by atoms with Gasteiger partial charge in [-0.3, -0.25) is 5.32 Å². The molecule has 5 nitrogen and oxygen atoms in total. The first-order chi connectivity index (χ1) is 9.70. The summed E-state index contributed by atoms with van der Waals surface area (Å²) in [6, 6.07) is 7.80. The van der Waals surface area contributed by atoms with Crippen molar-refractivity contribution in [3.8, 4) is 5.88 Å². The molecule has 0 saturated heterocycles. The second-order valence-electron chi connectivity index (χ2n) is 4.43. The van der Waals surface area contributed by atoms with Crippen molar-refractivity contribution >= 4 is 44.0 Å². The summed E-state index contributed by atoms with van der Waals surface area (Å²) in [5.74, 6) is 0.328. The molecule has 0 aliphatic heterocycles. The number of hydrogen-bond donors (Lipinski definition) is 2. The molecule has 1 saturated carbocycles. The Bertz CT molecular complexity index is 628.